The lowest BCUT2D eigenvalue weighted by Gasteiger charge is -2.28. The van der Waals surface area contributed by atoms with Gasteiger partial charge in [-0.15, -0.1) is 6.42 Å². The number of halogens is 1. The lowest BCUT2D eigenvalue weighted by atomic mass is 9.84. The lowest BCUT2D eigenvalue weighted by molar-refractivity contribution is 0.0603. The van der Waals surface area contributed by atoms with Gasteiger partial charge in [0.15, 0.2) is 57.5 Å². The number of ether oxygens (including phenoxy) is 11. The molecule has 0 aliphatic carbocycles. The van der Waals surface area contributed by atoms with Crippen molar-refractivity contribution in [3.63, 3.8) is 0 Å². The molecule has 16 rings (SSSR count). The first-order valence-corrected chi connectivity index (χ1v) is 42.8. The summed E-state index contributed by atoms with van der Waals surface area (Å²) in [4.78, 5) is 64.3. The Hall–Kier alpha value is -15.6. The smallest absolute Gasteiger partial charge is 0.274 e. The Labute approximate surface area is 775 Å². The van der Waals surface area contributed by atoms with Crippen LogP contribution in [-0.4, -0.2) is 185 Å². The summed E-state index contributed by atoms with van der Waals surface area (Å²) < 4.78 is 72.3. The fourth-order valence-corrected chi connectivity index (χ4v) is 15.4. The molecule has 686 valence electrons. The number of benzene rings is 11. The van der Waals surface area contributed by atoms with Crippen LogP contribution >= 0.6 is 0 Å². The molecule has 27 heteroatoms. The second-order valence-corrected chi connectivity index (χ2v) is 33.2. The van der Waals surface area contributed by atoms with Gasteiger partial charge in [-0.2, -0.15) is 25.5 Å². The van der Waals surface area contributed by atoms with E-state index in [0.29, 0.717) is 136 Å². The van der Waals surface area contributed by atoms with Crippen molar-refractivity contribution in [1.82, 2.24) is 25.0 Å². The van der Waals surface area contributed by atoms with Gasteiger partial charge in [0.05, 0.1) is 130 Å². The molecule has 0 unspecified atom stereocenters. The van der Waals surface area contributed by atoms with Gasteiger partial charge in [-0.3, -0.25) is 24.0 Å². The number of methoxy groups -OCH3 is 10. The Balaban J connectivity index is 0.000000150. The van der Waals surface area contributed by atoms with Crippen molar-refractivity contribution >= 4 is 58.1 Å². The van der Waals surface area contributed by atoms with Crippen LogP contribution in [0.2, 0.25) is 0 Å². The van der Waals surface area contributed by atoms with E-state index < -0.39 is 16.9 Å². The van der Waals surface area contributed by atoms with Crippen molar-refractivity contribution in [2.45, 2.75) is 92.2 Å². The maximum Gasteiger partial charge on any atom is 0.274 e. The Morgan fingerprint density at radius 2 is 0.669 bits per heavy atom. The summed E-state index contributed by atoms with van der Waals surface area (Å²) in [5, 5.41) is 30.4. The number of terminal acetylenes is 1. The lowest BCUT2D eigenvalue weighted by Crippen LogP contribution is -2.40. The molecule has 5 heterocycles. The summed E-state index contributed by atoms with van der Waals surface area (Å²) >= 11 is 0. The molecule has 26 nitrogen and oxygen atoms in total. The number of para-hydroxylation sites is 1. The Kier molecular flexibility index (Phi) is 31.4. The monoisotopic (exact) mass is 1800 g/mol. The molecule has 0 aromatic heterocycles. The van der Waals surface area contributed by atoms with Crippen LogP contribution in [0.1, 0.15) is 164 Å². The molecule has 11 aromatic rings. The number of hydrogen-bond acceptors (Lipinski definition) is 21. The molecular formula is C106H109FN10O16. The van der Waals surface area contributed by atoms with Gasteiger partial charge in [0.1, 0.15) is 17.3 Å². The number of carbonyl (C=O) groups excluding carboxylic acids is 5. The van der Waals surface area contributed by atoms with Crippen molar-refractivity contribution in [1.29, 1.82) is 0 Å². The van der Waals surface area contributed by atoms with Crippen LogP contribution in [0.25, 0.3) is 0 Å². The first-order valence-electron chi connectivity index (χ1n) is 42.8. The van der Waals surface area contributed by atoms with Gasteiger partial charge in [0.25, 0.3) is 29.5 Å². The van der Waals surface area contributed by atoms with E-state index in [0.717, 1.165) is 73.3 Å². The Morgan fingerprint density at radius 3 is 1.07 bits per heavy atom. The topological polar surface area (TPSA) is 265 Å². The van der Waals surface area contributed by atoms with E-state index in [2.05, 4.69) is 45.3 Å². The molecule has 5 aliphatic heterocycles. The van der Waals surface area contributed by atoms with Gasteiger partial charge in [-0.1, -0.05) is 91.6 Å². The predicted octanol–water partition coefficient (Wildman–Crippen LogP) is 19.5. The normalized spacial score (nSPS) is 14.5. The van der Waals surface area contributed by atoms with E-state index in [1.54, 1.807) is 136 Å². The van der Waals surface area contributed by atoms with Crippen LogP contribution in [0.5, 0.6) is 69.0 Å². The zero-order chi connectivity index (χ0) is 95.4. The second kappa shape index (κ2) is 43.2. The Bertz CT molecular complexity index is 6340. The summed E-state index contributed by atoms with van der Waals surface area (Å²) in [7, 11) is 16.0. The van der Waals surface area contributed by atoms with Crippen molar-refractivity contribution in [3.8, 4) is 81.3 Å². The van der Waals surface area contributed by atoms with Gasteiger partial charge >= 0.3 is 0 Å². The highest BCUT2D eigenvalue weighted by atomic mass is 19.1. The third-order valence-electron chi connectivity index (χ3n) is 22.3. The molecule has 11 aromatic carbocycles. The van der Waals surface area contributed by atoms with Crippen LogP contribution < -0.4 is 52.1 Å². The number of hydrogen-bond donors (Lipinski definition) is 0. The number of aryl methyl sites for hydroxylation is 2. The summed E-state index contributed by atoms with van der Waals surface area (Å²) in [5.41, 5.74) is 13.0. The fraction of sp³-hybridized carbons (Fsp3) is 0.264. The molecule has 0 bridgehead atoms. The van der Waals surface area contributed by atoms with E-state index >= 15 is 0 Å². The average Bonchev–Trinajstić information content (AvgIpc) is 1.64. The van der Waals surface area contributed by atoms with Gasteiger partial charge in [-0.25, -0.2) is 29.4 Å². The summed E-state index contributed by atoms with van der Waals surface area (Å²) in [6.07, 6.45) is 8.03. The number of carbonyl (C=O) groups is 5. The van der Waals surface area contributed by atoms with Crippen LogP contribution in [0.3, 0.4) is 0 Å². The van der Waals surface area contributed by atoms with Gasteiger partial charge in [0.2, 0.25) is 0 Å². The highest BCUT2D eigenvalue weighted by Gasteiger charge is 2.42. The van der Waals surface area contributed by atoms with Gasteiger partial charge in [-0.05, 0) is 224 Å². The standard InChI is InChI=1S/C24H22N2O4.C22H22N2O3.2C21H24N2O3.C18H17FN2O3/c1-28-22-12-11-17(16-23(22)29-2)21-13-14-26(25-21)24(27)18-7-6-10-20(15-18)30-19-8-4-3-5-9-19;1-6-15-8-7-9-17(12-15)21(25)24-22(2,3)14-18(23-24)16-10-11-19(26-4)20(13-16)27-5;1-14-7-6-8-16(11-14)20(24)23-21(2,3)13-17(22-23)15-9-10-18(25-4)19(12-15)26-5;1-14-7-6-8-16(11-14)20(24)23-13-21(2,3)19(22-23)15-9-10-17(25-4)18(12-15)26-5;1-23-16-7-6-12(11-17(16)24-2)15-8-9-21(20-15)18(22)13-4-3-5-14(19)10-13/h3-12,15-16H,13-14H2,1-2H3;1,7-13H,14H2,2-5H3;2*6-12H,13H2,1-5H3;3-7,10-11H,8-9H2,1-2H3. The zero-order valence-electron chi connectivity index (χ0n) is 78.0. The first-order chi connectivity index (χ1) is 63.9. The van der Waals surface area contributed by atoms with Crippen LogP contribution in [0.4, 0.5) is 4.39 Å². The molecular weight excluding hydrogens is 1690 g/mol. The molecule has 0 saturated heterocycles. The zero-order valence-corrected chi connectivity index (χ0v) is 78.0. The maximum atomic E-state index is 13.3. The number of nitrogens with zero attached hydrogens (tertiary/aromatic N) is 10. The third-order valence-corrected chi connectivity index (χ3v) is 22.3. The molecule has 5 aliphatic rings. The molecule has 133 heavy (non-hydrogen) atoms. The van der Waals surface area contributed by atoms with Crippen molar-refractivity contribution in [2.75, 3.05) is 90.7 Å². The van der Waals surface area contributed by atoms with E-state index in [1.807, 2.05) is 211 Å². The molecule has 0 fully saturated rings. The largest absolute Gasteiger partial charge is 0.493 e. The number of rotatable bonds is 22. The van der Waals surface area contributed by atoms with E-state index in [-0.39, 0.29) is 40.5 Å². The van der Waals surface area contributed by atoms with Crippen molar-refractivity contribution in [2.24, 2.45) is 30.9 Å². The minimum atomic E-state index is -0.453. The predicted molar refractivity (Wildman–Crippen MR) is 512 cm³/mol. The van der Waals surface area contributed by atoms with E-state index in [9.17, 15) is 28.4 Å². The molecule has 0 N–H and O–H groups in total. The fourth-order valence-electron chi connectivity index (χ4n) is 15.4. The summed E-state index contributed by atoms with van der Waals surface area (Å²) in [6, 6.07) is 72.6. The van der Waals surface area contributed by atoms with Gasteiger partial charge < -0.3 is 52.1 Å². The number of hydrazone groups is 5. The summed E-state index contributed by atoms with van der Waals surface area (Å²) in [6.45, 7) is 17.7. The summed E-state index contributed by atoms with van der Waals surface area (Å²) in [5.74, 6) is 9.05. The highest BCUT2D eigenvalue weighted by molar-refractivity contribution is 6.10. The Morgan fingerprint density at radius 1 is 0.331 bits per heavy atom. The quantitative estimate of drug-likeness (QED) is 0.0571. The second-order valence-electron chi connectivity index (χ2n) is 33.2. The van der Waals surface area contributed by atoms with Crippen molar-refractivity contribution < 1.29 is 80.5 Å². The SMILES string of the molecule is C#Cc1cccc(C(=O)N2N=C(c3ccc(OC)c(OC)c3)CC2(C)C)c1.COc1ccc(C2=NN(C(=O)c3cccc(C)c3)C(C)(C)C2)cc1OC.COc1ccc(C2=NN(C(=O)c3cccc(C)c3)CC2(C)C)cc1OC.COc1ccc(C2=NN(C(=O)c3cccc(F)c3)CC2)cc1OC.COc1ccc(C2=NN(C(=O)c3cccc(Oc4ccccc4)c3)CC2)cc1OC. The van der Waals surface area contributed by atoms with Crippen LogP contribution in [0.15, 0.2) is 268 Å². The third kappa shape index (κ3) is 23.2. The van der Waals surface area contributed by atoms with Crippen LogP contribution in [0, 0.1) is 37.4 Å². The van der Waals surface area contributed by atoms with Crippen molar-refractivity contribution in [3.05, 3.63) is 321 Å². The highest BCUT2D eigenvalue weighted by Crippen LogP contribution is 2.41. The molecule has 0 saturated carbocycles. The molecule has 0 atom stereocenters. The first kappa shape index (κ1) is 96.5. The average molecular weight is 1800 g/mol. The molecule has 5 amide bonds. The van der Waals surface area contributed by atoms with E-state index in [4.69, 9.17) is 58.5 Å². The van der Waals surface area contributed by atoms with E-state index in [1.165, 1.54) is 33.2 Å². The molecule has 0 radical (unpaired) electrons. The molecule has 0 spiro atoms. The van der Waals surface area contributed by atoms with Gasteiger partial charge in [0, 0.05) is 92.3 Å². The maximum absolute atomic E-state index is 13.3. The van der Waals surface area contributed by atoms with Crippen LogP contribution in [-0.2, 0) is 0 Å². The number of amides is 5. The minimum Gasteiger partial charge on any atom is -0.493 e. The minimum absolute atomic E-state index is 0.0859.